The number of hydrogen-bond acceptors (Lipinski definition) is 2. The van der Waals surface area contributed by atoms with E-state index in [-0.39, 0.29) is 0 Å². The summed E-state index contributed by atoms with van der Waals surface area (Å²) in [5.41, 5.74) is 3.05. The molecule has 0 amide bonds. The van der Waals surface area contributed by atoms with Crippen LogP contribution in [0.3, 0.4) is 0 Å². The Hall–Kier alpha value is -2.23. The summed E-state index contributed by atoms with van der Waals surface area (Å²) in [6.45, 7) is 7.37. The molecule has 0 saturated carbocycles. The van der Waals surface area contributed by atoms with Gasteiger partial charge in [-0.3, -0.25) is 0 Å². The summed E-state index contributed by atoms with van der Waals surface area (Å²) in [7, 11) is 0. The molecular weight excluding hydrogens is 260 g/mol. The minimum atomic E-state index is 0.818. The lowest BCUT2D eigenvalue weighted by molar-refractivity contribution is -0.696. The molecule has 3 heterocycles. The minimum absolute atomic E-state index is 0.818. The van der Waals surface area contributed by atoms with E-state index in [1.807, 2.05) is 13.1 Å². The van der Waals surface area contributed by atoms with Crippen molar-refractivity contribution >= 4 is 11.0 Å². The lowest BCUT2D eigenvalue weighted by atomic mass is 10.1. The average molecular weight is 281 g/mol. The van der Waals surface area contributed by atoms with E-state index in [9.17, 15) is 0 Å². The normalized spacial score (nSPS) is 11.2. The van der Waals surface area contributed by atoms with Gasteiger partial charge in [0.15, 0.2) is 5.65 Å². The van der Waals surface area contributed by atoms with Crippen LogP contribution in [-0.2, 0) is 6.54 Å². The second kappa shape index (κ2) is 5.64. The van der Waals surface area contributed by atoms with Crippen LogP contribution in [-0.4, -0.2) is 14.5 Å². The van der Waals surface area contributed by atoms with Crippen molar-refractivity contribution in [2.75, 3.05) is 0 Å². The van der Waals surface area contributed by atoms with E-state index in [1.54, 1.807) is 0 Å². The highest BCUT2D eigenvalue weighted by atomic mass is 15.2. The van der Waals surface area contributed by atoms with E-state index < -0.39 is 0 Å². The molecule has 0 atom stereocenters. The average Bonchev–Trinajstić information content (AvgIpc) is 2.93. The van der Waals surface area contributed by atoms with Crippen molar-refractivity contribution in [3.63, 3.8) is 0 Å². The lowest BCUT2D eigenvalue weighted by Gasteiger charge is -2.03. The van der Waals surface area contributed by atoms with Gasteiger partial charge in [-0.1, -0.05) is 13.3 Å². The monoisotopic (exact) mass is 281 g/mol. The van der Waals surface area contributed by atoms with Crippen LogP contribution >= 0.6 is 0 Å². The highest BCUT2D eigenvalue weighted by Gasteiger charge is 2.10. The largest absolute Gasteiger partial charge is 0.250 e. The molecule has 0 aromatic carbocycles. The third kappa shape index (κ3) is 2.79. The SMILES string of the molecule is CCCC[n+]1ccn(-c2ccc3c(C)cc(C)nc3n2)c1. The van der Waals surface area contributed by atoms with Gasteiger partial charge in [-0.25, -0.2) is 9.55 Å². The first-order valence-electron chi connectivity index (χ1n) is 7.50. The number of aryl methyl sites for hydroxylation is 3. The van der Waals surface area contributed by atoms with Gasteiger partial charge >= 0.3 is 0 Å². The Morgan fingerprint density at radius 1 is 1.19 bits per heavy atom. The number of imidazole rings is 1. The second-order valence-electron chi connectivity index (χ2n) is 5.53. The highest BCUT2D eigenvalue weighted by Crippen LogP contribution is 2.17. The van der Waals surface area contributed by atoms with Crippen molar-refractivity contribution in [2.24, 2.45) is 0 Å². The molecule has 108 valence electrons. The molecule has 3 aromatic rings. The molecule has 0 aliphatic carbocycles. The maximum absolute atomic E-state index is 4.70. The first kappa shape index (κ1) is 13.7. The summed E-state index contributed by atoms with van der Waals surface area (Å²) in [6.07, 6.45) is 8.63. The Morgan fingerprint density at radius 3 is 2.86 bits per heavy atom. The fraction of sp³-hybridized carbons (Fsp3) is 0.353. The minimum Gasteiger partial charge on any atom is -0.236 e. The zero-order valence-corrected chi connectivity index (χ0v) is 12.9. The Kier molecular flexibility index (Phi) is 3.69. The molecule has 3 aromatic heterocycles. The molecule has 4 heteroatoms. The summed E-state index contributed by atoms with van der Waals surface area (Å²) >= 11 is 0. The van der Waals surface area contributed by atoms with Crippen molar-refractivity contribution < 1.29 is 4.57 Å². The first-order chi connectivity index (χ1) is 10.2. The number of pyridine rings is 2. The molecule has 4 nitrogen and oxygen atoms in total. The molecule has 0 aliphatic rings. The number of nitrogens with zero attached hydrogens (tertiary/aromatic N) is 4. The van der Waals surface area contributed by atoms with Gasteiger partial charge in [-0.2, -0.15) is 9.55 Å². The zero-order valence-electron chi connectivity index (χ0n) is 12.9. The zero-order chi connectivity index (χ0) is 14.8. The van der Waals surface area contributed by atoms with Crippen molar-refractivity contribution in [3.8, 4) is 5.82 Å². The number of aromatic nitrogens is 4. The summed E-state index contributed by atoms with van der Waals surface area (Å²) < 4.78 is 4.25. The number of fused-ring (bicyclic) bond motifs is 1. The van der Waals surface area contributed by atoms with E-state index in [0.29, 0.717) is 0 Å². The van der Waals surface area contributed by atoms with Gasteiger partial charge in [0, 0.05) is 17.1 Å². The van der Waals surface area contributed by atoms with E-state index in [4.69, 9.17) is 4.98 Å². The first-order valence-corrected chi connectivity index (χ1v) is 7.50. The van der Waals surface area contributed by atoms with Crippen LogP contribution in [0.5, 0.6) is 0 Å². The summed E-state index contributed by atoms with van der Waals surface area (Å²) in [5.74, 6) is 0.912. The quantitative estimate of drug-likeness (QED) is 0.689. The molecule has 3 rings (SSSR count). The molecule has 0 spiro atoms. The van der Waals surface area contributed by atoms with Crippen LogP contribution in [0, 0.1) is 13.8 Å². The molecule has 0 radical (unpaired) electrons. The van der Waals surface area contributed by atoms with Crippen molar-refractivity contribution in [3.05, 3.63) is 48.2 Å². The molecule has 0 N–H and O–H groups in total. The Morgan fingerprint density at radius 2 is 2.05 bits per heavy atom. The van der Waals surface area contributed by atoms with E-state index >= 15 is 0 Å². The molecule has 0 unspecified atom stereocenters. The molecule has 21 heavy (non-hydrogen) atoms. The summed E-state index contributed by atoms with van der Waals surface area (Å²) in [6, 6.07) is 6.25. The summed E-state index contributed by atoms with van der Waals surface area (Å²) in [4.78, 5) is 9.25. The maximum Gasteiger partial charge on any atom is 0.250 e. The van der Waals surface area contributed by atoms with Gasteiger partial charge in [0.25, 0.3) is 0 Å². The van der Waals surface area contributed by atoms with E-state index in [2.05, 4.69) is 58.7 Å². The fourth-order valence-electron chi connectivity index (χ4n) is 2.57. The molecule has 0 saturated heterocycles. The standard InChI is InChI=1S/C17H21N4/c1-4-5-8-20-9-10-21(12-20)16-7-6-15-13(2)11-14(3)18-17(15)19-16/h6-7,9-12H,4-5,8H2,1-3H3/q+1. The third-order valence-electron chi connectivity index (χ3n) is 3.72. The lowest BCUT2D eigenvalue weighted by Crippen LogP contribution is -2.30. The molecular formula is C17H21N4+. The smallest absolute Gasteiger partial charge is 0.236 e. The third-order valence-corrected chi connectivity index (χ3v) is 3.72. The predicted molar refractivity (Wildman–Crippen MR) is 83.4 cm³/mol. The van der Waals surface area contributed by atoms with Crippen LogP contribution in [0.25, 0.3) is 16.9 Å². The Bertz CT molecular complexity index is 774. The highest BCUT2D eigenvalue weighted by molar-refractivity contribution is 5.79. The summed E-state index contributed by atoms with van der Waals surface area (Å²) in [5, 5.41) is 1.12. The Labute approximate surface area is 125 Å². The van der Waals surface area contributed by atoms with Crippen LogP contribution in [0.4, 0.5) is 0 Å². The van der Waals surface area contributed by atoms with Gasteiger partial charge in [-0.15, -0.1) is 0 Å². The van der Waals surface area contributed by atoms with Crippen LogP contribution in [0.1, 0.15) is 31.0 Å². The van der Waals surface area contributed by atoms with Crippen molar-refractivity contribution in [1.29, 1.82) is 0 Å². The van der Waals surface area contributed by atoms with Gasteiger partial charge < -0.3 is 0 Å². The second-order valence-corrected chi connectivity index (χ2v) is 5.53. The van der Waals surface area contributed by atoms with E-state index in [0.717, 1.165) is 29.1 Å². The number of rotatable bonds is 4. The number of hydrogen-bond donors (Lipinski definition) is 0. The van der Waals surface area contributed by atoms with Crippen LogP contribution in [0.15, 0.2) is 36.9 Å². The molecule has 0 fully saturated rings. The van der Waals surface area contributed by atoms with Crippen LogP contribution in [0.2, 0.25) is 0 Å². The maximum atomic E-state index is 4.70. The number of unbranched alkanes of at least 4 members (excludes halogenated alkanes) is 1. The van der Waals surface area contributed by atoms with Crippen LogP contribution < -0.4 is 4.57 Å². The van der Waals surface area contributed by atoms with Gasteiger partial charge in [0.05, 0.1) is 6.54 Å². The van der Waals surface area contributed by atoms with Gasteiger partial charge in [0.1, 0.15) is 12.4 Å². The van der Waals surface area contributed by atoms with Crippen molar-refractivity contribution in [1.82, 2.24) is 14.5 Å². The fourth-order valence-corrected chi connectivity index (χ4v) is 2.57. The molecule has 0 aliphatic heterocycles. The predicted octanol–water partition coefficient (Wildman–Crippen LogP) is 3.12. The van der Waals surface area contributed by atoms with Gasteiger partial charge in [0.2, 0.25) is 12.1 Å². The van der Waals surface area contributed by atoms with Gasteiger partial charge in [-0.05, 0) is 38.0 Å². The molecule has 0 bridgehead atoms. The van der Waals surface area contributed by atoms with Crippen molar-refractivity contribution in [2.45, 2.75) is 40.2 Å². The van der Waals surface area contributed by atoms with E-state index in [1.165, 1.54) is 18.4 Å². The Balaban J connectivity index is 1.99. The topological polar surface area (TPSA) is 34.6 Å².